The largest absolute Gasteiger partial charge is 0.481 e. The molecule has 2 heterocycles. The lowest BCUT2D eigenvalue weighted by atomic mass is 10.3. The van der Waals surface area contributed by atoms with Gasteiger partial charge in [0.2, 0.25) is 15.9 Å². The number of hydrogen-bond acceptors (Lipinski definition) is 6. The van der Waals surface area contributed by atoms with Crippen LogP contribution in [0.1, 0.15) is 16.0 Å². The number of rotatable bonds is 6. The Labute approximate surface area is 128 Å². The van der Waals surface area contributed by atoms with Crippen LogP contribution in [-0.2, 0) is 23.1 Å². The average Bonchev–Trinajstić information content (AvgIpc) is 2.87. The maximum Gasteiger partial charge on any atom is 0.242 e. The molecule has 0 spiro atoms. The van der Waals surface area contributed by atoms with Crippen molar-refractivity contribution in [2.45, 2.75) is 24.9 Å². The van der Waals surface area contributed by atoms with Gasteiger partial charge in [-0.25, -0.2) is 18.1 Å². The van der Waals surface area contributed by atoms with Crippen LogP contribution in [0.5, 0.6) is 5.88 Å². The summed E-state index contributed by atoms with van der Waals surface area (Å²) in [7, 11) is -2.08. The topological polar surface area (TPSA) is 94.3 Å². The fraction of sp³-hybridized carbons (Fsp3) is 0.308. The predicted octanol–water partition coefficient (Wildman–Crippen LogP) is 1.40. The summed E-state index contributed by atoms with van der Waals surface area (Å²) in [4.78, 5) is 4.93. The van der Waals surface area contributed by atoms with Crippen LogP contribution in [0.4, 0.5) is 0 Å². The smallest absolute Gasteiger partial charge is 0.242 e. The summed E-state index contributed by atoms with van der Waals surface area (Å²) in [6, 6.07) is 3.42. The minimum atomic E-state index is -3.59. The highest BCUT2D eigenvalue weighted by Crippen LogP contribution is 2.26. The number of thiophene rings is 1. The van der Waals surface area contributed by atoms with E-state index >= 15 is 0 Å². The molecule has 6 nitrogen and oxygen atoms in total. The highest BCUT2D eigenvalue weighted by atomic mass is 32.2. The summed E-state index contributed by atoms with van der Waals surface area (Å²) < 4.78 is 32.4. The molecule has 0 radical (unpaired) electrons. The number of hydrogen-bond donors (Lipinski definition) is 2. The Bertz CT molecular complexity index is 726. The molecule has 3 N–H and O–H groups in total. The fourth-order valence-electron chi connectivity index (χ4n) is 1.91. The van der Waals surface area contributed by atoms with E-state index in [0.29, 0.717) is 16.3 Å². The monoisotopic (exact) mass is 327 g/mol. The molecule has 0 unspecified atom stereocenters. The standard InChI is InChI=1S/C13H17N3O3S2/c1-9-8-20-11(6-14)13(9)21(17,18)16-7-10-3-4-15-12(5-10)19-2/h3-5,8,16H,6-7,14H2,1-2H3. The molecule has 2 aromatic heterocycles. The van der Waals surface area contributed by atoms with Crippen molar-refractivity contribution in [3.8, 4) is 5.88 Å². The first-order chi connectivity index (χ1) is 9.97. The molecule has 0 atom stereocenters. The summed E-state index contributed by atoms with van der Waals surface area (Å²) in [6.45, 7) is 2.14. The minimum Gasteiger partial charge on any atom is -0.481 e. The molecule has 0 aliphatic rings. The Hall–Kier alpha value is -1.48. The number of nitrogens with two attached hydrogens (primary N) is 1. The van der Waals surface area contributed by atoms with Gasteiger partial charge >= 0.3 is 0 Å². The molecule has 0 aliphatic carbocycles. The molecule has 0 bridgehead atoms. The van der Waals surface area contributed by atoms with Crippen molar-refractivity contribution in [2.24, 2.45) is 5.73 Å². The van der Waals surface area contributed by atoms with Crippen LogP contribution >= 0.6 is 11.3 Å². The van der Waals surface area contributed by atoms with Crippen LogP contribution in [0, 0.1) is 6.92 Å². The van der Waals surface area contributed by atoms with E-state index in [1.54, 1.807) is 30.6 Å². The molecule has 0 saturated heterocycles. The van der Waals surface area contributed by atoms with Gasteiger partial charge in [-0.2, -0.15) is 0 Å². The Morgan fingerprint density at radius 2 is 2.24 bits per heavy atom. The van der Waals surface area contributed by atoms with E-state index in [0.717, 1.165) is 5.56 Å². The number of aromatic nitrogens is 1. The summed E-state index contributed by atoms with van der Waals surface area (Å²) in [6.07, 6.45) is 1.57. The van der Waals surface area contributed by atoms with Crippen molar-refractivity contribution in [2.75, 3.05) is 7.11 Å². The van der Waals surface area contributed by atoms with E-state index in [2.05, 4.69) is 9.71 Å². The van der Waals surface area contributed by atoms with Gasteiger partial charge in [0.1, 0.15) is 4.90 Å². The van der Waals surface area contributed by atoms with E-state index in [-0.39, 0.29) is 18.0 Å². The van der Waals surface area contributed by atoms with Gasteiger partial charge in [-0.05, 0) is 29.5 Å². The summed E-state index contributed by atoms with van der Waals surface area (Å²) in [5, 5.41) is 1.80. The predicted molar refractivity (Wildman–Crippen MR) is 81.8 cm³/mol. The Kier molecular flexibility index (Phi) is 4.94. The van der Waals surface area contributed by atoms with Crippen molar-refractivity contribution in [1.29, 1.82) is 0 Å². The second-order valence-corrected chi connectivity index (χ2v) is 7.07. The number of ether oxygens (including phenoxy) is 1. The number of pyridine rings is 1. The van der Waals surface area contributed by atoms with Gasteiger partial charge in [0.05, 0.1) is 7.11 Å². The van der Waals surface area contributed by atoms with Crippen LogP contribution in [-0.4, -0.2) is 20.5 Å². The number of nitrogens with zero attached hydrogens (tertiary/aromatic N) is 1. The van der Waals surface area contributed by atoms with E-state index in [4.69, 9.17) is 10.5 Å². The highest BCUT2D eigenvalue weighted by molar-refractivity contribution is 7.89. The molecule has 0 saturated carbocycles. The van der Waals surface area contributed by atoms with E-state index in [1.165, 1.54) is 18.4 Å². The average molecular weight is 327 g/mol. The minimum absolute atomic E-state index is 0.167. The second kappa shape index (κ2) is 6.52. The Morgan fingerprint density at radius 3 is 2.90 bits per heavy atom. The first kappa shape index (κ1) is 15.9. The maximum absolute atomic E-state index is 12.4. The second-order valence-electron chi connectivity index (χ2n) is 4.41. The van der Waals surface area contributed by atoms with Crippen LogP contribution < -0.4 is 15.2 Å². The van der Waals surface area contributed by atoms with Gasteiger partial charge in [0.25, 0.3) is 0 Å². The van der Waals surface area contributed by atoms with Gasteiger partial charge in [-0.3, -0.25) is 0 Å². The van der Waals surface area contributed by atoms with Crippen molar-refractivity contribution < 1.29 is 13.2 Å². The lowest BCUT2D eigenvalue weighted by Crippen LogP contribution is -2.24. The van der Waals surface area contributed by atoms with Crippen molar-refractivity contribution in [3.63, 3.8) is 0 Å². The first-order valence-corrected chi connectivity index (χ1v) is 8.60. The lowest BCUT2D eigenvalue weighted by molar-refractivity contribution is 0.397. The van der Waals surface area contributed by atoms with Crippen LogP contribution in [0.25, 0.3) is 0 Å². The molecule has 0 aromatic carbocycles. The Balaban J connectivity index is 2.19. The van der Waals surface area contributed by atoms with Gasteiger partial charge in [0, 0.05) is 30.2 Å². The van der Waals surface area contributed by atoms with Crippen molar-refractivity contribution >= 4 is 21.4 Å². The molecule has 114 valence electrons. The molecular formula is C13H17N3O3S2. The third kappa shape index (κ3) is 3.59. The number of nitrogens with one attached hydrogen (secondary N) is 1. The van der Waals surface area contributed by atoms with E-state index in [1.807, 2.05) is 0 Å². The molecule has 2 aromatic rings. The molecule has 21 heavy (non-hydrogen) atoms. The third-order valence-corrected chi connectivity index (χ3v) is 5.80. The van der Waals surface area contributed by atoms with Crippen molar-refractivity contribution in [3.05, 3.63) is 39.7 Å². The van der Waals surface area contributed by atoms with Crippen LogP contribution in [0.2, 0.25) is 0 Å². The van der Waals surface area contributed by atoms with E-state index in [9.17, 15) is 8.42 Å². The summed E-state index contributed by atoms with van der Waals surface area (Å²) >= 11 is 1.36. The molecule has 8 heteroatoms. The lowest BCUT2D eigenvalue weighted by Gasteiger charge is -2.09. The van der Waals surface area contributed by atoms with Gasteiger partial charge in [0.15, 0.2) is 0 Å². The SMILES string of the molecule is COc1cc(CNS(=O)(=O)c2c(C)csc2CN)ccn1. The fourth-order valence-corrected chi connectivity index (χ4v) is 4.63. The molecule has 0 fully saturated rings. The van der Waals surface area contributed by atoms with E-state index < -0.39 is 10.0 Å². The first-order valence-electron chi connectivity index (χ1n) is 6.23. The number of sulfonamides is 1. The zero-order valence-electron chi connectivity index (χ0n) is 11.8. The molecular weight excluding hydrogens is 310 g/mol. The van der Waals surface area contributed by atoms with Crippen molar-refractivity contribution in [1.82, 2.24) is 9.71 Å². The molecule has 2 rings (SSSR count). The number of methoxy groups -OCH3 is 1. The van der Waals surface area contributed by atoms with Gasteiger partial charge < -0.3 is 10.5 Å². The van der Waals surface area contributed by atoms with Crippen LogP contribution in [0.3, 0.4) is 0 Å². The molecule has 0 aliphatic heterocycles. The van der Waals surface area contributed by atoms with Gasteiger partial charge in [-0.1, -0.05) is 0 Å². The van der Waals surface area contributed by atoms with Gasteiger partial charge in [-0.15, -0.1) is 11.3 Å². The summed E-state index contributed by atoms with van der Waals surface area (Å²) in [5.41, 5.74) is 7.08. The molecule has 0 amide bonds. The normalized spacial score (nSPS) is 11.6. The van der Waals surface area contributed by atoms with Crippen LogP contribution in [0.15, 0.2) is 28.6 Å². The summed E-state index contributed by atoms with van der Waals surface area (Å²) in [5.74, 6) is 0.445. The maximum atomic E-state index is 12.4. The zero-order valence-corrected chi connectivity index (χ0v) is 13.4. The quantitative estimate of drug-likeness (QED) is 0.836. The number of aryl methyl sites for hydroxylation is 1. The zero-order chi connectivity index (χ0) is 15.5. The highest BCUT2D eigenvalue weighted by Gasteiger charge is 2.22. The third-order valence-electron chi connectivity index (χ3n) is 2.92. The Morgan fingerprint density at radius 1 is 1.48 bits per heavy atom.